The SMILES string of the molecule is CC[Si](CC)(CC)OC12C[C@@H]3C(=O)N(C)CC(=O)N3[C@H]1Nc1ccc(-c3ccc4c(c3)C3(O[Si](CC)(CC)CC)C[C@@H]5C(=O)N(C)CC(=O)N5[C@H]3N4)cc12. The first-order valence-electron chi connectivity index (χ1n) is 20.1. The molecule has 4 amide bonds. The predicted molar refractivity (Wildman–Crippen MR) is 212 cm³/mol. The van der Waals surface area contributed by atoms with Gasteiger partial charge in [0.2, 0.25) is 23.6 Å². The molecule has 0 aliphatic carbocycles. The van der Waals surface area contributed by atoms with Crippen molar-refractivity contribution in [3.63, 3.8) is 0 Å². The molecular formula is C40H56N6O6Si2. The normalized spacial score (nSPS) is 29.9. The molecule has 54 heavy (non-hydrogen) atoms. The summed E-state index contributed by atoms with van der Waals surface area (Å²) in [5.74, 6) is -0.224. The zero-order valence-corrected chi connectivity index (χ0v) is 35.1. The molecule has 0 radical (unpaired) electrons. The maximum atomic E-state index is 13.7. The van der Waals surface area contributed by atoms with Crippen molar-refractivity contribution >= 4 is 51.6 Å². The molecular weight excluding hydrogens is 717 g/mol. The van der Waals surface area contributed by atoms with Crippen molar-refractivity contribution < 1.29 is 28.0 Å². The van der Waals surface area contributed by atoms with Gasteiger partial charge >= 0.3 is 0 Å². The molecule has 14 heteroatoms. The third-order valence-corrected chi connectivity index (χ3v) is 23.6. The number of rotatable bonds is 11. The van der Waals surface area contributed by atoms with Crippen molar-refractivity contribution in [3.05, 3.63) is 47.5 Å². The predicted octanol–water partition coefficient (Wildman–Crippen LogP) is 5.44. The van der Waals surface area contributed by atoms with Gasteiger partial charge < -0.3 is 39.1 Å². The molecule has 4 saturated heterocycles. The first kappa shape index (κ1) is 37.2. The summed E-state index contributed by atoms with van der Waals surface area (Å²) in [5, 5.41) is 7.34. The minimum absolute atomic E-state index is 0.0453. The summed E-state index contributed by atoms with van der Waals surface area (Å²) in [7, 11) is -1.10. The molecule has 2 unspecified atom stereocenters. The maximum absolute atomic E-state index is 13.7. The van der Waals surface area contributed by atoms with Gasteiger partial charge in [-0.05, 0) is 71.7 Å². The van der Waals surface area contributed by atoms with E-state index >= 15 is 0 Å². The van der Waals surface area contributed by atoms with Gasteiger partial charge in [0.15, 0.2) is 16.6 Å². The fourth-order valence-electron chi connectivity index (χ4n) is 10.7. The van der Waals surface area contributed by atoms with E-state index in [4.69, 9.17) is 8.85 Å². The number of anilines is 2. The van der Waals surface area contributed by atoms with E-state index in [-0.39, 0.29) is 36.7 Å². The van der Waals surface area contributed by atoms with Gasteiger partial charge in [0, 0.05) is 49.4 Å². The number of nitrogens with one attached hydrogen (secondary N) is 2. The number of carbonyl (C=O) groups is 4. The Kier molecular flexibility index (Phi) is 8.90. The summed E-state index contributed by atoms with van der Waals surface area (Å²) < 4.78 is 15.1. The highest BCUT2D eigenvalue weighted by Gasteiger charge is 2.66. The van der Waals surface area contributed by atoms with Crippen LogP contribution < -0.4 is 10.6 Å². The average Bonchev–Trinajstić information content (AvgIpc) is 3.86. The lowest BCUT2D eigenvalue weighted by Gasteiger charge is -2.42. The van der Waals surface area contributed by atoms with Crippen molar-refractivity contribution in [3.8, 4) is 11.1 Å². The molecule has 6 aliphatic heterocycles. The number of carbonyl (C=O) groups excluding carboxylic acids is 4. The van der Waals surface area contributed by atoms with Gasteiger partial charge in [0.1, 0.15) is 35.6 Å². The summed E-state index contributed by atoms with van der Waals surface area (Å²) in [5.41, 5.74) is 4.07. The lowest BCUT2D eigenvalue weighted by Crippen LogP contribution is -2.60. The van der Waals surface area contributed by atoms with Gasteiger partial charge in [0.05, 0.1) is 13.1 Å². The second-order valence-electron chi connectivity index (χ2n) is 16.5. The van der Waals surface area contributed by atoms with Crippen LogP contribution in [0.5, 0.6) is 0 Å². The van der Waals surface area contributed by atoms with Crippen molar-refractivity contribution in [2.24, 2.45) is 0 Å². The summed E-state index contributed by atoms with van der Waals surface area (Å²) in [6.07, 6.45) is -0.141. The molecule has 8 rings (SSSR count). The average molecular weight is 773 g/mol. The molecule has 12 nitrogen and oxygen atoms in total. The molecule has 6 heterocycles. The first-order chi connectivity index (χ1) is 25.8. The fourth-order valence-corrected chi connectivity index (χ4v) is 16.7. The Balaban J connectivity index is 1.25. The molecule has 2 N–H and O–H groups in total. The van der Waals surface area contributed by atoms with Crippen LogP contribution in [0.2, 0.25) is 36.3 Å². The van der Waals surface area contributed by atoms with Gasteiger partial charge in [-0.25, -0.2) is 0 Å². The highest BCUT2D eigenvalue weighted by molar-refractivity contribution is 6.74. The largest absolute Gasteiger partial charge is 0.403 e. The fraction of sp³-hybridized carbons (Fsp3) is 0.600. The van der Waals surface area contributed by atoms with E-state index in [9.17, 15) is 19.2 Å². The zero-order chi connectivity index (χ0) is 38.5. The Morgan fingerprint density at radius 1 is 0.611 bits per heavy atom. The topological polar surface area (TPSA) is 124 Å². The summed E-state index contributed by atoms with van der Waals surface area (Å²) in [6, 6.07) is 17.3. The Hall–Kier alpha value is -3.73. The van der Waals surface area contributed by atoms with E-state index in [1.165, 1.54) is 0 Å². The monoisotopic (exact) mass is 772 g/mol. The highest BCUT2D eigenvalue weighted by Crippen LogP contribution is 2.58. The maximum Gasteiger partial charge on any atom is 0.245 e. The van der Waals surface area contributed by atoms with E-state index in [1.807, 2.05) is 0 Å². The first-order valence-corrected chi connectivity index (χ1v) is 25.2. The zero-order valence-electron chi connectivity index (χ0n) is 33.1. The number of benzene rings is 2. The number of hydrogen-bond donors (Lipinski definition) is 2. The lowest BCUT2D eigenvalue weighted by atomic mass is 9.86. The molecule has 6 aliphatic rings. The molecule has 0 aromatic heterocycles. The van der Waals surface area contributed by atoms with E-state index < -0.39 is 52.3 Å². The van der Waals surface area contributed by atoms with Gasteiger partial charge in [-0.1, -0.05) is 53.7 Å². The van der Waals surface area contributed by atoms with Crippen molar-refractivity contribution in [2.45, 2.75) is 126 Å². The van der Waals surface area contributed by atoms with Crippen molar-refractivity contribution in [1.29, 1.82) is 0 Å². The van der Waals surface area contributed by atoms with Crippen LogP contribution in [0.15, 0.2) is 36.4 Å². The Morgan fingerprint density at radius 3 is 1.30 bits per heavy atom. The number of hydrogen-bond acceptors (Lipinski definition) is 8. The number of nitrogens with zero attached hydrogens (tertiary/aromatic N) is 4. The quantitative estimate of drug-likeness (QED) is 0.290. The number of likely N-dealkylation sites (N-methyl/N-ethyl adjacent to an activating group) is 2. The van der Waals surface area contributed by atoms with E-state index in [2.05, 4.69) is 88.6 Å². The molecule has 6 atom stereocenters. The lowest BCUT2D eigenvalue weighted by molar-refractivity contribution is -0.153. The molecule has 0 spiro atoms. The van der Waals surface area contributed by atoms with E-state index in [1.54, 1.807) is 33.7 Å². The van der Waals surface area contributed by atoms with Crippen LogP contribution >= 0.6 is 0 Å². The minimum atomic E-state index is -2.26. The number of fused-ring (bicyclic) bond motifs is 10. The standard InChI is InChI=1S/C40H56N6O6Si2/c1-9-53(10-2,11-3)51-39-21-31-35(49)43(7)23-33(47)45(31)37(39)41-29-17-15-25(19-27(29)39)26-16-18-30-28(20-26)40(52-54(12-4,13-5)14-6)22-32-36(50)44(8)24-34(48)46(32)38(40)42-30/h15-20,31-32,37-38,41-42H,9-14,21-24H2,1-8H3/t31-,32-,37-,38-,39?,40?/m1/s1. The number of piperazine rings is 2. The van der Waals surface area contributed by atoms with Crippen LogP contribution in [0.3, 0.4) is 0 Å². The minimum Gasteiger partial charge on any atom is -0.403 e. The van der Waals surface area contributed by atoms with Crippen LogP contribution in [0.4, 0.5) is 11.4 Å². The van der Waals surface area contributed by atoms with E-state index in [0.717, 1.165) is 69.9 Å². The molecule has 4 fully saturated rings. The molecule has 0 saturated carbocycles. The Bertz CT molecular complexity index is 1770. The van der Waals surface area contributed by atoms with Crippen LogP contribution in [-0.4, -0.2) is 111 Å². The smallest absolute Gasteiger partial charge is 0.245 e. The third-order valence-electron chi connectivity index (χ3n) is 14.3. The van der Waals surface area contributed by atoms with Gasteiger partial charge in [-0.15, -0.1) is 0 Å². The number of amides is 4. The van der Waals surface area contributed by atoms with Crippen LogP contribution in [0.25, 0.3) is 11.1 Å². The molecule has 2 aromatic rings. The highest BCUT2D eigenvalue weighted by atomic mass is 28.4. The van der Waals surface area contributed by atoms with Crippen molar-refractivity contribution in [1.82, 2.24) is 19.6 Å². The molecule has 0 bridgehead atoms. The third kappa shape index (κ3) is 5.04. The Labute approximate surface area is 321 Å². The van der Waals surface area contributed by atoms with Gasteiger partial charge in [0.25, 0.3) is 0 Å². The molecule has 2 aromatic carbocycles. The second-order valence-corrected chi connectivity index (χ2v) is 25.9. The summed E-state index contributed by atoms with van der Waals surface area (Å²) in [4.78, 5) is 61.2. The van der Waals surface area contributed by atoms with Crippen molar-refractivity contribution in [2.75, 3.05) is 37.8 Å². The summed E-state index contributed by atoms with van der Waals surface area (Å²) >= 11 is 0. The van der Waals surface area contributed by atoms with Crippen LogP contribution in [0, 0.1) is 0 Å². The van der Waals surface area contributed by atoms with E-state index in [0.29, 0.717) is 12.8 Å². The van der Waals surface area contributed by atoms with Gasteiger partial charge in [-0.2, -0.15) is 0 Å². The van der Waals surface area contributed by atoms with Gasteiger partial charge in [-0.3, -0.25) is 19.2 Å². The van der Waals surface area contributed by atoms with Crippen LogP contribution in [0.1, 0.15) is 65.5 Å². The summed E-state index contributed by atoms with van der Waals surface area (Å²) in [6.45, 7) is 13.4. The second kappa shape index (κ2) is 12.9. The molecule has 290 valence electrons. The Morgan fingerprint density at radius 2 is 0.963 bits per heavy atom. The van der Waals surface area contributed by atoms with Crippen LogP contribution in [-0.2, 0) is 39.2 Å².